The van der Waals surface area contributed by atoms with Crippen molar-refractivity contribution < 1.29 is 25.2 Å². The first kappa shape index (κ1) is 15.3. The summed E-state index contributed by atoms with van der Waals surface area (Å²) in [5, 5.41) is 38.0. The predicted octanol–water partition coefficient (Wildman–Crippen LogP) is 0.926. The standard InChI is InChI=1S/C13H19NO5/c1-3-6-14(2)11(13(18)19)12(17)8-4-5-9(15)10(16)7-8/h4-5,7,11-12,15-17H,3,6H2,1-2H3,(H,18,19)/t11-,12?/m0/s1. The van der Waals surface area contributed by atoms with Gasteiger partial charge in [0.25, 0.3) is 0 Å². The van der Waals surface area contributed by atoms with E-state index in [1.807, 2.05) is 6.92 Å². The Balaban J connectivity index is 3.01. The summed E-state index contributed by atoms with van der Waals surface area (Å²) in [5.41, 5.74) is 0.241. The molecule has 1 unspecified atom stereocenters. The smallest absolute Gasteiger partial charge is 0.323 e. The summed E-state index contributed by atoms with van der Waals surface area (Å²) >= 11 is 0. The van der Waals surface area contributed by atoms with E-state index in [-0.39, 0.29) is 17.1 Å². The van der Waals surface area contributed by atoms with Crippen molar-refractivity contribution in [3.63, 3.8) is 0 Å². The topological polar surface area (TPSA) is 101 Å². The van der Waals surface area contributed by atoms with Crippen LogP contribution in [0.25, 0.3) is 0 Å². The van der Waals surface area contributed by atoms with Crippen LogP contribution in [-0.4, -0.2) is 50.9 Å². The fraction of sp³-hybridized carbons (Fsp3) is 0.462. The number of aromatic hydroxyl groups is 2. The van der Waals surface area contributed by atoms with E-state index >= 15 is 0 Å². The maximum Gasteiger partial charge on any atom is 0.323 e. The van der Waals surface area contributed by atoms with Gasteiger partial charge in [-0.1, -0.05) is 13.0 Å². The van der Waals surface area contributed by atoms with E-state index in [1.54, 1.807) is 7.05 Å². The van der Waals surface area contributed by atoms with Gasteiger partial charge in [0, 0.05) is 0 Å². The van der Waals surface area contributed by atoms with Gasteiger partial charge in [-0.15, -0.1) is 0 Å². The Labute approximate surface area is 111 Å². The number of phenolic OH excluding ortho intramolecular Hbond substituents is 2. The molecule has 2 atom stereocenters. The van der Waals surface area contributed by atoms with Crippen molar-refractivity contribution in [3.8, 4) is 11.5 Å². The van der Waals surface area contributed by atoms with Gasteiger partial charge in [-0.05, 0) is 37.7 Å². The van der Waals surface area contributed by atoms with Crippen LogP contribution in [0.3, 0.4) is 0 Å². The van der Waals surface area contributed by atoms with E-state index in [2.05, 4.69) is 0 Å². The Bertz CT molecular complexity index is 449. The van der Waals surface area contributed by atoms with Gasteiger partial charge in [0.15, 0.2) is 11.5 Å². The number of likely N-dealkylation sites (N-methyl/N-ethyl adjacent to an activating group) is 1. The van der Waals surface area contributed by atoms with Gasteiger partial charge in [0.2, 0.25) is 0 Å². The number of phenols is 2. The fourth-order valence-corrected chi connectivity index (χ4v) is 1.96. The van der Waals surface area contributed by atoms with Gasteiger partial charge >= 0.3 is 5.97 Å². The molecule has 6 heteroatoms. The molecule has 19 heavy (non-hydrogen) atoms. The molecule has 1 rings (SSSR count). The van der Waals surface area contributed by atoms with Crippen LogP contribution in [0.2, 0.25) is 0 Å². The summed E-state index contributed by atoms with van der Waals surface area (Å²) in [6, 6.07) is 2.65. The number of aliphatic hydroxyl groups excluding tert-OH is 1. The first-order chi connectivity index (χ1) is 8.88. The maximum absolute atomic E-state index is 11.3. The number of carbonyl (C=O) groups is 1. The fourth-order valence-electron chi connectivity index (χ4n) is 1.96. The van der Waals surface area contributed by atoms with Crippen LogP contribution in [0.15, 0.2) is 18.2 Å². The van der Waals surface area contributed by atoms with Crippen LogP contribution in [0.5, 0.6) is 11.5 Å². The van der Waals surface area contributed by atoms with E-state index in [1.165, 1.54) is 17.0 Å². The summed E-state index contributed by atoms with van der Waals surface area (Å²) in [5.74, 6) is -1.85. The van der Waals surface area contributed by atoms with Crippen molar-refractivity contribution in [2.75, 3.05) is 13.6 Å². The minimum absolute atomic E-state index is 0.241. The van der Waals surface area contributed by atoms with Crippen molar-refractivity contribution in [1.29, 1.82) is 0 Å². The molecule has 6 nitrogen and oxygen atoms in total. The summed E-state index contributed by atoms with van der Waals surface area (Å²) in [7, 11) is 1.62. The number of nitrogens with zero attached hydrogens (tertiary/aromatic N) is 1. The highest BCUT2D eigenvalue weighted by molar-refractivity contribution is 5.74. The van der Waals surface area contributed by atoms with Crippen LogP contribution in [0, 0.1) is 0 Å². The van der Waals surface area contributed by atoms with Crippen molar-refractivity contribution in [3.05, 3.63) is 23.8 Å². The lowest BCUT2D eigenvalue weighted by atomic mass is 10.0. The molecule has 0 aliphatic carbocycles. The van der Waals surface area contributed by atoms with E-state index in [0.29, 0.717) is 6.54 Å². The molecule has 0 saturated heterocycles. The molecule has 0 aromatic heterocycles. The minimum atomic E-state index is -1.29. The second kappa shape index (κ2) is 6.40. The zero-order valence-electron chi connectivity index (χ0n) is 10.9. The molecule has 0 fully saturated rings. The van der Waals surface area contributed by atoms with Crippen LogP contribution < -0.4 is 0 Å². The summed E-state index contributed by atoms with van der Waals surface area (Å²) in [6.07, 6.45) is -0.533. The Morgan fingerprint density at radius 1 is 1.32 bits per heavy atom. The van der Waals surface area contributed by atoms with Gasteiger partial charge in [0.1, 0.15) is 12.1 Å². The highest BCUT2D eigenvalue weighted by atomic mass is 16.4. The Hall–Kier alpha value is -1.79. The van der Waals surface area contributed by atoms with Crippen molar-refractivity contribution >= 4 is 5.97 Å². The van der Waals surface area contributed by atoms with Crippen LogP contribution in [0.4, 0.5) is 0 Å². The van der Waals surface area contributed by atoms with E-state index in [4.69, 9.17) is 0 Å². The molecule has 0 amide bonds. The van der Waals surface area contributed by atoms with E-state index in [0.717, 1.165) is 12.5 Å². The highest BCUT2D eigenvalue weighted by Gasteiger charge is 2.31. The molecule has 0 radical (unpaired) electrons. The molecule has 0 aliphatic heterocycles. The lowest BCUT2D eigenvalue weighted by Gasteiger charge is -2.28. The van der Waals surface area contributed by atoms with Crippen LogP contribution in [-0.2, 0) is 4.79 Å². The molecule has 0 spiro atoms. The monoisotopic (exact) mass is 269 g/mol. The molecule has 106 valence electrons. The van der Waals surface area contributed by atoms with Crippen molar-refractivity contribution in [2.45, 2.75) is 25.5 Å². The molecule has 0 saturated carbocycles. The number of hydrogen-bond acceptors (Lipinski definition) is 5. The number of benzene rings is 1. The van der Waals surface area contributed by atoms with Gasteiger partial charge < -0.3 is 20.4 Å². The first-order valence-corrected chi connectivity index (χ1v) is 6.01. The molecule has 0 aliphatic rings. The molecule has 1 aromatic rings. The van der Waals surface area contributed by atoms with Crippen molar-refractivity contribution in [1.82, 2.24) is 4.90 Å². The third-order valence-electron chi connectivity index (χ3n) is 2.94. The molecule has 0 heterocycles. The van der Waals surface area contributed by atoms with Crippen molar-refractivity contribution in [2.24, 2.45) is 0 Å². The number of rotatable bonds is 6. The maximum atomic E-state index is 11.3. The lowest BCUT2D eigenvalue weighted by molar-refractivity contribution is -0.147. The third kappa shape index (κ3) is 3.59. The molecule has 1 aromatic carbocycles. The first-order valence-electron chi connectivity index (χ1n) is 6.01. The third-order valence-corrected chi connectivity index (χ3v) is 2.94. The van der Waals surface area contributed by atoms with Gasteiger partial charge in [-0.2, -0.15) is 0 Å². The van der Waals surface area contributed by atoms with Gasteiger partial charge in [0.05, 0.1) is 0 Å². The zero-order valence-corrected chi connectivity index (χ0v) is 10.9. The average molecular weight is 269 g/mol. The quantitative estimate of drug-likeness (QED) is 0.573. The Morgan fingerprint density at radius 2 is 1.95 bits per heavy atom. The number of carboxylic acids is 1. The number of carboxylic acid groups (broad SMARTS) is 1. The predicted molar refractivity (Wildman–Crippen MR) is 69.1 cm³/mol. The summed E-state index contributed by atoms with van der Waals surface area (Å²) < 4.78 is 0. The zero-order chi connectivity index (χ0) is 14.6. The Morgan fingerprint density at radius 3 is 2.42 bits per heavy atom. The molecule has 0 bridgehead atoms. The number of hydrogen-bond donors (Lipinski definition) is 4. The van der Waals surface area contributed by atoms with Crippen LogP contribution >= 0.6 is 0 Å². The van der Waals surface area contributed by atoms with E-state index in [9.17, 15) is 25.2 Å². The number of aliphatic carboxylic acids is 1. The highest BCUT2D eigenvalue weighted by Crippen LogP contribution is 2.30. The normalized spacial score (nSPS) is 14.3. The van der Waals surface area contributed by atoms with Crippen LogP contribution in [0.1, 0.15) is 25.0 Å². The molecule has 4 N–H and O–H groups in total. The summed E-state index contributed by atoms with van der Waals surface area (Å²) in [4.78, 5) is 12.8. The largest absolute Gasteiger partial charge is 0.504 e. The second-order valence-corrected chi connectivity index (χ2v) is 4.46. The molecular formula is C13H19NO5. The minimum Gasteiger partial charge on any atom is -0.504 e. The van der Waals surface area contributed by atoms with Gasteiger partial charge in [-0.3, -0.25) is 9.69 Å². The average Bonchev–Trinajstić information content (AvgIpc) is 2.32. The second-order valence-electron chi connectivity index (χ2n) is 4.46. The SMILES string of the molecule is CCCN(C)[C@H](C(=O)O)C(O)c1ccc(O)c(O)c1. The lowest BCUT2D eigenvalue weighted by Crippen LogP contribution is -2.43. The van der Waals surface area contributed by atoms with E-state index < -0.39 is 18.1 Å². The number of aliphatic hydroxyl groups is 1. The Kier molecular flexibility index (Phi) is 5.14. The van der Waals surface area contributed by atoms with Gasteiger partial charge in [-0.25, -0.2) is 0 Å². The summed E-state index contributed by atoms with van der Waals surface area (Å²) in [6.45, 7) is 2.44. The molecular weight excluding hydrogens is 250 g/mol.